The summed E-state index contributed by atoms with van der Waals surface area (Å²) in [5, 5.41) is 0. The van der Waals surface area contributed by atoms with Crippen molar-refractivity contribution in [3.8, 4) is 0 Å². The molecule has 1 aliphatic carbocycles. The maximum atomic E-state index is 12.4. The molecule has 0 aromatic rings. The first-order chi connectivity index (χ1) is 7.86. The van der Waals surface area contributed by atoms with Crippen molar-refractivity contribution in [3.63, 3.8) is 0 Å². The molecule has 4 unspecified atom stereocenters. The van der Waals surface area contributed by atoms with Crippen LogP contribution in [0.3, 0.4) is 0 Å². The summed E-state index contributed by atoms with van der Waals surface area (Å²) in [6.45, 7) is 10.3. The van der Waals surface area contributed by atoms with E-state index in [2.05, 4.69) is 20.8 Å². The van der Waals surface area contributed by atoms with Crippen LogP contribution in [-0.4, -0.2) is 22.8 Å². The van der Waals surface area contributed by atoms with Crippen molar-refractivity contribution in [2.75, 3.05) is 0 Å². The third kappa shape index (κ3) is 1.71. The Hall–Kier alpha value is -0.860. The third-order valence-electron chi connectivity index (χ3n) is 4.52. The van der Waals surface area contributed by atoms with Gasteiger partial charge in [-0.2, -0.15) is 0 Å². The van der Waals surface area contributed by atoms with Crippen LogP contribution < -0.4 is 0 Å². The molecular weight excluding hydrogens is 214 g/mol. The molecule has 0 radical (unpaired) electrons. The fourth-order valence-electron chi connectivity index (χ4n) is 3.70. The predicted octanol–water partition coefficient (Wildman–Crippen LogP) is 2.31. The molecule has 0 bridgehead atoms. The van der Waals surface area contributed by atoms with Crippen molar-refractivity contribution >= 4 is 11.8 Å². The monoisotopic (exact) mass is 237 g/mol. The maximum absolute atomic E-state index is 12.4. The van der Waals surface area contributed by atoms with E-state index < -0.39 is 0 Å². The van der Waals surface area contributed by atoms with E-state index in [9.17, 15) is 9.59 Å². The SMILES string of the molecule is CC(C)C1CC(C)C2C(=O)N(C(C)C)C(=O)C12. The van der Waals surface area contributed by atoms with E-state index in [1.165, 1.54) is 4.90 Å². The second-order valence-corrected chi connectivity index (χ2v) is 6.31. The standard InChI is InChI=1S/C14H23NO2/c1-7(2)10-6-9(5)11-12(10)14(17)15(8(3)4)13(11)16/h7-12H,6H2,1-5H3. The Morgan fingerprint density at radius 1 is 1.06 bits per heavy atom. The van der Waals surface area contributed by atoms with Crippen LogP contribution >= 0.6 is 0 Å². The second kappa shape index (κ2) is 4.11. The molecule has 96 valence electrons. The van der Waals surface area contributed by atoms with E-state index in [-0.39, 0.29) is 29.7 Å². The van der Waals surface area contributed by atoms with Gasteiger partial charge in [0.05, 0.1) is 11.8 Å². The molecule has 1 saturated carbocycles. The Morgan fingerprint density at radius 3 is 2.06 bits per heavy atom. The van der Waals surface area contributed by atoms with Gasteiger partial charge in [0.15, 0.2) is 0 Å². The second-order valence-electron chi connectivity index (χ2n) is 6.31. The molecule has 0 spiro atoms. The number of amides is 2. The van der Waals surface area contributed by atoms with Crippen molar-refractivity contribution in [2.45, 2.75) is 47.1 Å². The van der Waals surface area contributed by atoms with E-state index in [4.69, 9.17) is 0 Å². The van der Waals surface area contributed by atoms with Crippen molar-refractivity contribution < 1.29 is 9.59 Å². The van der Waals surface area contributed by atoms with Crippen LogP contribution in [0.25, 0.3) is 0 Å². The topological polar surface area (TPSA) is 37.4 Å². The molecule has 17 heavy (non-hydrogen) atoms. The van der Waals surface area contributed by atoms with Crippen molar-refractivity contribution in [1.82, 2.24) is 4.90 Å². The number of fused-ring (bicyclic) bond motifs is 1. The van der Waals surface area contributed by atoms with Gasteiger partial charge in [-0.05, 0) is 38.0 Å². The van der Waals surface area contributed by atoms with Gasteiger partial charge >= 0.3 is 0 Å². The highest BCUT2D eigenvalue weighted by molar-refractivity contribution is 6.06. The third-order valence-corrected chi connectivity index (χ3v) is 4.52. The molecule has 2 amide bonds. The maximum Gasteiger partial charge on any atom is 0.233 e. The molecule has 2 rings (SSSR count). The number of carbonyl (C=O) groups is 2. The van der Waals surface area contributed by atoms with Gasteiger partial charge in [0.1, 0.15) is 0 Å². The number of likely N-dealkylation sites (tertiary alicyclic amines) is 1. The van der Waals surface area contributed by atoms with E-state index in [0.717, 1.165) is 6.42 Å². The fraction of sp³-hybridized carbons (Fsp3) is 0.857. The zero-order chi connectivity index (χ0) is 12.9. The largest absolute Gasteiger partial charge is 0.280 e. The number of hydrogen-bond donors (Lipinski definition) is 0. The van der Waals surface area contributed by atoms with Crippen molar-refractivity contribution in [2.24, 2.45) is 29.6 Å². The van der Waals surface area contributed by atoms with Gasteiger partial charge in [-0.15, -0.1) is 0 Å². The van der Waals surface area contributed by atoms with Gasteiger partial charge in [-0.3, -0.25) is 14.5 Å². The minimum Gasteiger partial charge on any atom is -0.280 e. The van der Waals surface area contributed by atoms with E-state index in [1.54, 1.807) is 0 Å². The Kier molecular flexibility index (Phi) is 3.04. The lowest BCUT2D eigenvalue weighted by Gasteiger charge is -2.24. The Morgan fingerprint density at radius 2 is 1.59 bits per heavy atom. The first-order valence-electron chi connectivity index (χ1n) is 6.73. The van der Waals surface area contributed by atoms with E-state index in [1.807, 2.05) is 13.8 Å². The molecular formula is C14H23NO2. The van der Waals surface area contributed by atoms with Crippen LogP contribution in [0.15, 0.2) is 0 Å². The Balaban J connectivity index is 2.34. The fourth-order valence-corrected chi connectivity index (χ4v) is 3.70. The highest BCUT2D eigenvalue weighted by atomic mass is 16.2. The summed E-state index contributed by atoms with van der Waals surface area (Å²) in [5.41, 5.74) is 0. The van der Waals surface area contributed by atoms with Crippen LogP contribution in [0.4, 0.5) is 0 Å². The number of nitrogens with zero attached hydrogens (tertiary/aromatic N) is 1. The van der Waals surface area contributed by atoms with Crippen LogP contribution in [0.2, 0.25) is 0 Å². The highest BCUT2D eigenvalue weighted by Crippen LogP contribution is 2.50. The lowest BCUT2D eigenvalue weighted by atomic mass is 9.84. The molecule has 1 heterocycles. The van der Waals surface area contributed by atoms with Gasteiger partial charge in [0, 0.05) is 6.04 Å². The molecule has 2 fully saturated rings. The molecule has 0 N–H and O–H groups in total. The van der Waals surface area contributed by atoms with Gasteiger partial charge in [-0.1, -0.05) is 20.8 Å². The number of hydrogen-bond acceptors (Lipinski definition) is 2. The molecule has 0 aromatic carbocycles. The summed E-state index contributed by atoms with van der Waals surface area (Å²) >= 11 is 0. The summed E-state index contributed by atoms with van der Waals surface area (Å²) in [6.07, 6.45) is 1.02. The van der Waals surface area contributed by atoms with Crippen LogP contribution in [0, 0.1) is 29.6 Å². The van der Waals surface area contributed by atoms with Gasteiger partial charge in [0.2, 0.25) is 11.8 Å². The van der Waals surface area contributed by atoms with E-state index >= 15 is 0 Å². The summed E-state index contributed by atoms with van der Waals surface area (Å²) in [6, 6.07) is 0.000567. The summed E-state index contributed by atoms with van der Waals surface area (Å²) in [7, 11) is 0. The lowest BCUT2D eigenvalue weighted by molar-refractivity contribution is -0.143. The van der Waals surface area contributed by atoms with Crippen molar-refractivity contribution in [1.29, 1.82) is 0 Å². The van der Waals surface area contributed by atoms with Crippen LogP contribution in [0.1, 0.15) is 41.0 Å². The number of rotatable bonds is 2. The quantitative estimate of drug-likeness (QED) is 0.691. The van der Waals surface area contributed by atoms with Gasteiger partial charge < -0.3 is 0 Å². The minimum absolute atomic E-state index is 0.000567. The molecule has 4 atom stereocenters. The molecule has 1 aliphatic heterocycles. The highest BCUT2D eigenvalue weighted by Gasteiger charge is 2.58. The van der Waals surface area contributed by atoms with Crippen LogP contribution in [0.5, 0.6) is 0 Å². The molecule has 3 heteroatoms. The smallest absolute Gasteiger partial charge is 0.233 e. The average Bonchev–Trinajstić information content (AvgIpc) is 2.66. The predicted molar refractivity (Wildman–Crippen MR) is 66.1 cm³/mol. The first kappa shape index (κ1) is 12.6. The Labute approximate surface area is 104 Å². The average molecular weight is 237 g/mol. The first-order valence-corrected chi connectivity index (χ1v) is 6.73. The van der Waals surface area contributed by atoms with E-state index in [0.29, 0.717) is 17.8 Å². The van der Waals surface area contributed by atoms with Gasteiger partial charge in [-0.25, -0.2) is 0 Å². The normalized spacial score (nSPS) is 37.5. The molecule has 0 aromatic heterocycles. The number of imide groups is 1. The zero-order valence-electron chi connectivity index (χ0n) is 11.4. The summed E-state index contributed by atoms with van der Waals surface area (Å²) in [5.74, 6) is 1.29. The zero-order valence-corrected chi connectivity index (χ0v) is 11.4. The number of carbonyl (C=O) groups excluding carboxylic acids is 2. The van der Waals surface area contributed by atoms with Crippen LogP contribution in [-0.2, 0) is 9.59 Å². The molecule has 3 nitrogen and oxygen atoms in total. The minimum atomic E-state index is -0.0442. The van der Waals surface area contributed by atoms with Gasteiger partial charge in [0.25, 0.3) is 0 Å². The summed E-state index contributed by atoms with van der Waals surface area (Å²) < 4.78 is 0. The van der Waals surface area contributed by atoms with Crippen molar-refractivity contribution in [3.05, 3.63) is 0 Å². The molecule has 2 aliphatic rings. The Bertz CT molecular complexity index is 348. The molecule has 1 saturated heterocycles. The summed E-state index contributed by atoms with van der Waals surface area (Å²) in [4.78, 5) is 26.2. The lowest BCUT2D eigenvalue weighted by Crippen LogP contribution is -2.39.